The fraction of sp³-hybridized carbons (Fsp3) is 0.833. The zero-order chi connectivity index (χ0) is 12.4. The maximum Gasteiger partial charge on any atom is 0.306 e. The van der Waals surface area contributed by atoms with Gasteiger partial charge in [0, 0.05) is 26.1 Å². The lowest BCUT2D eigenvalue weighted by Crippen LogP contribution is -2.44. The number of rotatable bonds is 2. The third-order valence-corrected chi connectivity index (χ3v) is 4.00. The van der Waals surface area contributed by atoms with Crippen LogP contribution in [0.25, 0.3) is 0 Å². The molecule has 5 heteroatoms. The second-order valence-electron chi connectivity index (χ2n) is 5.06. The van der Waals surface area contributed by atoms with Gasteiger partial charge >= 0.3 is 5.97 Å². The van der Waals surface area contributed by atoms with Crippen LogP contribution in [-0.2, 0) is 9.59 Å². The van der Waals surface area contributed by atoms with E-state index >= 15 is 0 Å². The normalized spacial score (nSPS) is 27.4. The van der Waals surface area contributed by atoms with Gasteiger partial charge in [-0.05, 0) is 32.4 Å². The molecule has 0 radical (unpaired) electrons. The van der Waals surface area contributed by atoms with Gasteiger partial charge in [0.1, 0.15) is 0 Å². The highest BCUT2D eigenvalue weighted by molar-refractivity contribution is 5.73. The van der Waals surface area contributed by atoms with E-state index in [1.165, 1.54) is 0 Å². The Hall–Kier alpha value is -1.10. The monoisotopic (exact) mass is 240 g/mol. The molecule has 1 atom stereocenters. The lowest BCUT2D eigenvalue weighted by atomic mass is 9.96. The maximum absolute atomic E-state index is 11.2. The number of carboxylic acid groups (broad SMARTS) is 1. The molecular weight excluding hydrogens is 220 g/mol. The Kier molecular flexibility index (Phi) is 3.66. The van der Waals surface area contributed by atoms with E-state index in [1.807, 2.05) is 4.90 Å². The molecule has 2 aliphatic heterocycles. The number of aliphatic carboxylic acids is 1. The summed E-state index contributed by atoms with van der Waals surface area (Å²) in [6.07, 6.45) is 2.51. The standard InChI is InChI=1S/C12H20N2O3/c1-9(15)14-7-4-11(8-14)13-5-2-10(3-6-13)12(16)17/h10-11H,2-8H2,1H3,(H,16,17). The van der Waals surface area contributed by atoms with E-state index in [9.17, 15) is 9.59 Å². The second-order valence-corrected chi connectivity index (χ2v) is 5.06. The third kappa shape index (κ3) is 2.77. The van der Waals surface area contributed by atoms with Crippen molar-refractivity contribution in [1.29, 1.82) is 0 Å². The van der Waals surface area contributed by atoms with Gasteiger partial charge in [0.05, 0.1) is 5.92 Å². The van der Waals surface area contributed by atoms with E-state index in [1.54, 1.807) is 6.92 Å². The Balaban J connectivity index is 1.82. The smallest absolute Gasteiger partial charge is 0.306 e. The minimum atomic E-state index is -0.665. The van der Waals surface area contributed by atoms with Gasteiger partial charge in [-0.2, -0.15) is 0 Å². The zero-order valence-electron chi connectivity index (χ0n) is 10.3. The minimum Gasteiger partial charge on any atom is -0.481 e. The average molecular weight is 240 g/mol. The van der Waals surface area contributed by atoms with Crippen LogP contribution < -0.4 is 0 Å². The molecule has 0 aromatic rings. The average Bonchev–Trinajstić information content (AvgIpc) is 2.78. The number of piperidine rings is 1. The van der Waals surface area contributed by atoms with Crippen molar-refractivity contribution in [2.45, 2.75) is 32.2 Å². The number of carbonyl (C=O) groups excluding carboxylic acids is 1. The number of carboxylic acids is 1. The number of amides is 1. The van der Waals surface area contributed by atoms with Crippen LogP contribution in [0.4, 0.5) is 0 Å². The summed E-state index contributed by atoms with van der Waals surface area (Å²) in [5, 5.41) is 8.93. The number of nitrogens with zero attached hydrogens (tertiary/aromatic N) is 2. The van der Waals surface area contributed by atoms with E-state index < -0.39 is 5.97 Å². The number of carbonyl (C=O) groups is 2. The van der Waals surface area contributed by atoms with Crippen LogP contribution in [0.15, 0.2) is 0 Å². The van der Waals surface area contributed by atoms with Crippen molar-refractivity contribution in [1.82, 2.24) is 9.80 Å². The molecule has 0 spiro atoms. The van der Waals surface area contributed by atoms with Gasteiger partial charge in [0.25, 0.3) is 0 Å². The molecule has 17 heavy (non-hydrogen) atoms. The highest BCUT2D eigenvalue weighted by Crippen LogP contribution is 2.23. The summed E-state index contributed by atoms with van der Waals surface area (Å²) in [6, 6.07) is 0.439. The Bertz CT molecular complexity index is 311. The summed E-state index contributed by atoms with van der Waals surface area (Å²) < 4.78 is 0. The van der Waals surface area contributed by atoms with E-state index in [0.29, 0.717) is 6.04 Å². The lowest BCUT2D eigenvalue weighted by molar-refractivity contribution is -0.143. The van der Waals surface area contributed by atoms with Crippen LogP contribution in [0.3, 0.4) is 0 Å². The molecule has 0 aromatic carbocycles. The summed E-state index contributed by atoms with van der Waals surface area (Å²) in [7, 11) is 0. The van der Waals surface area contributed by atoms with Crippen molar-refractivity contribution in [3.8, 4) is 0 Å². The number of likely N-dealkylation sites (tertiary alicyclic amines) is 2. The van der Waals surface area contributed by atoms with Gasteiger partial charge < -0.3 is 10.0 Å². The Labute approximate surface area is 101 Å². The first-order chi connectivity index (χ1) is 8.08. The quantitative estimate of drug-likeness (QED) is 0.759. The molecule has 2 saturated heterocycles. The van der Waals surface area contributed by atoms with Crippen molar-refractivity contribution in [2.75, 3.05) is 26.2 Å². The molecule has 2 heterocycles. The van der Waals surface area contributed by atoms with Crippen LogP contribution in [0.2, 0.25) is 0 Å². The molecular formula is C12H20N2O3. The summed E-state index contributed by atoms with van der Waals surface area (Å²) in [5.74, 6) is -0.689. The number of hydrogen-bond acceptors (Lipinski definition) is 3. The predicted octanol–water partition coefficient (Wildman–Crippen LogP) is 0.404. The Morgan fingerprint density at radius 3 is 2.24 bits per heavy atom. The number of hydrogen-bond donors (Lipinski definition) is 1. The molecule has 1 N–H and O–H groups in total. The lowest BCUT2D eigenvalue weighted by Gasteiger charge is -2.34. The molecule has 0 aliphatic carbocycles. The fourth-order valence-corrected chi connectivity index (χ4v) is 2.84. The van der Waals surface area contributed by atoms with E-state index in [2.05, 4.69) is 4.90 Å². The molecule has 96 valence electrons. The molecule has 2 fully saturated rings. The van der Waals surface area contributed by atoms with E-state index in [4.69, 9.17) is 5.11 Å². The zero-order valence-corrected chi connectivity index (χ0v) is 10.3. The molecule has 2 rings (SSSR count). The topological polar surface area (TPSA) is 60.9 Å². The van der Waals surface area contributed by atoms with Gasteiger partial charge in [-0.3, -0.25) is 14.5 Å². The third-order valence-electron chi connectivity index (χ3n) is 4.00. The van der Waals surface area contributed by atoms with Crippen molar-refractivity contribution in [2.24, 2.45) is 5.92 Å². The van der Waals surface area contributed by atoms with Crippen molar-refractivity contribution in [3.63, 3.8) is 0 Å². The van der Waals surface area contributed by atoms with Gasteiger partial charge in [0.15, 0.2) is 0 Å². The summed E-state index contributed by atoms with van der Waals surface area (Å²) in [4.78, 5) is 26.3. The summed E-state index contributed by atoms with van der Waals surface area (Å²) in [6.45, 7) is 4.98. The van der Waals surface area contributed by atoms with Crippen LogP contribution >= 0.6 is 0 Å². The van der Waals surface area contributed by atoms with Crippen LogP contribution in [0.1, 0.15) is 26.2 Å². The minimum absolute atomic E-state index is 0.146. The molecule has 0 bridgehead atoms. The molecule has 2 aliphatic rings. The van der Waals surface area contributed by atoms with Gasteiger partial charge in [-0.15, -0.1) is 0 Å². The van der Waals surface area contributed by atoms with Crippen molar-refractivity contribution < 1.29 is 14.7 Å². The van der Waals surface area contributed by atoms with Crippen LogP contribution in [0, 0.1) is 5.92 Å². The van der Waals surface area contributed by atoms with Gasteiger partial charge in [-0.25, -0.2) is 0 Å². The predicted molar refractivity (Wildman–Crippen MR) is 62.6 cm³/mol. The summed E-state index contributed by atoms with van der Waals surface area (Å²) >= 11 is 0. The molecule has 1 unspecified atom stereocenters. The van der Waals surface area contributed by atoms with Gasteiger partial charge in [-0.1, -0.05) is 0 Å². The Morgan fingerprint density at radius 2 is 1.76 bits per heavy atom. The molecule has 0 saturated carbocycles. The fourth-order valence-electron chi connectivity index (χ4n) is 2.84. The van der Waals surface area contributed by atoms with Crippen molar-refractivity contribution in [3.05, 3.63) is 0 Å². The SMILES string of the molecule is CC(=O)N1CCC(N2CCC(C(=O)O)CC2)C1. The largest absolute Gasteiger partial charge is 0.481 e. The first-order valence-corrected chi connectivity index (χ1v) is 6.30. The second kappa shape index (κ2) is 5.04. The summed E-state index contributed by atoms with van der Waals surface area (Å²) in [5.41, 5.74) is 0. The maximum atomic E-state index is 11.2. The molecule has 0 aromatic heterocycles. The van der Waals surface area contributed by atoms with E-state index in [0.717, 1.165) is 45.4 Å². The van der Waals surface area contributed by atoms with Gasteiger partial charge in [0.2, 0.25) is 5.91 Å². The first kappa shape index (κ1) is 12.4. The molecule has 1 amide bonds. The highest BCUT2D eigenvalue weighted by Gasteiger charge is 2.32. The van der Waals surface area contributed by atoms with Crippen LogP contribution in [-0.4, -0.2) is 59.0 Å². The highest BCUT2D eigenvalue weighted by atomic mass is 16.4. The molecule has 5 nitrogen and oxygen atoms in total. The Morgan fingerprint density at radius 1 is 1.12 bits per heavy atom. The van der Waals surface area contributed by atoms with E-state index in [-0.39, 0.29) is 11.8 Å². The van der Waals surface area contributed by atoms with Crippen LogP contribution in [0.5, 0.6) is 0 Å². The van der Waals surface area contributed by atoms with Crippen molar-refractivity contribution >= 4 is 11.9 Å². The first-order valence-electron chi connectivity index (χ1n) is 6.30.